The predicted octanol–water partition coefficient (Wildman–Crippen LogP) is 2.52. The molecule has 0 fully saturated rings. The molecule has 0 heterocycles. The van der Waals surface area contributed by atoms with Crippen LogP contribution in [0.2, 0.25) is 0 Å². The van der Waals surface area contributed by atoms with Crippen LogP contribution in [0.15, 0.2) is 52.0 Å². The molecule has 0 aromatic heterocycles. The first kappa shape index (κ1) is 20.5. The average Bonchev–Trinajstić information content (AvgIpc) is 2.54. The maximum absolute atomic E-state index is 13.6. The third-order valence-corrected chi connectivity index (χ3v) is 5.30. The summed E-state index contributed by atoms with van der Waals surface area (Å²) in [6.45, 7) is 0. The Morgan fingerprint density at radius 3 is 2.58 bits per heavy atom. The van der Waals surface area contributed by atoms with Gasteiger partial charge in [-0.05, 0) is 42.5 Å². The van der Waals surface area contributed by atoms with Crippen LogP contribution in [0.1, 0.15) is 5.56 Å². The summed E-state index contributed by atoms with van der Waals surface area (Å²) in [5, 5.41) is 5.09. The number of hydrogen-bond donors (Lipinski definition) is 1. The van der Waals surface area contributed by atoms with Crippen LogP contribution in [0.4, 0.5) is 10.1 Å². The van der Waals surface area contributed by atoms with Gasteiger partial charge in [0.25, 0.3) is 0 Å². The summed E-state index contributed by atoms with van der Waals surface area (Å²) in [6.07, 6.45) is 2.44. The van der Waals surface area contributed by atoms with E-state index >= 15 is 0 Å². The minimum atomic E-state index is -4.28. The van der Waals surface area contributed by atoms with Gasteiger partial charge in [0.2, 0.25) is 10.0 Å². The number of nitrogens with two attached hydrogens (primary N) is 1. The predicted molar refractivity (Wildman–Crippen MR) is 98.9 cm³/mol. The van der Waals surface area contributed by atoms with E-state index in [4.69, 9.17) is 9.88 Å². The van der Waals surface area contributed by atoms with Crippen molar-refractivity contribution >= 4 is 49.0 Å². The van der Waals surface area contributed by atoms with Crippen molar-refractivity contribution in [1.82, 2.24) is 0 Å². The molecule has 0 amide bonds. The van der Waals surface area contributed by atoms with E-state index in [1.807, 2.05) is 0 Å². The number of methoxy groups -OCH3 is 1. The van der Waals surface area contributed by atoms with Gasteiger partial charge in [0.15, 0.2) is 0 Å². The normalized spacial score (nSPS) is 13.0. The highest BCUT2D eigenvalue weighted by atomic mass is 79.9. The Morgan fingerprint density at radius 2 is 2.00 bits per heavy atom. The standard InChI is InChI=1S/C15H14BrFN2O5S2/c1-24-14-4-2-11(16)8-10(14)6-7-19(25(20)21)13-9-12(17)3-5-15(13)26(18,22)23/h2-9H,1H3,(H,20,21)(H2,18,22,23)/p-1. The summed E-state index contributed by atoms with van der Waals surface area (Å²) in [5.74, 6) is -0.372. The first-order valence-electron chi connectivity index (χ1n) is 6.86. The number of halogens is 2. The maximum Gasteiger partial charge on any atom is 0.240 e. The zero-order chi connectivity index (χ0) is 19.5. The number of nitrogens with zero attached hydrogens (tertiary/aromatic N) is 1. The lowest BCUT2D eigenvalue weighted by Crippen LogP contribution is -2.23. The molecular formula is C15H13BrFN2O5S2-. The van der Waals surface area contributed by atoms with Crippen molar-refractivity contribution in [3.63, 3.8) is 0 Å². The molecule has 11 heteroatoms. The highest BCUT2D eigenvalue weighted by molar-refractivity contribution is 9.10. The van der Waals surface area contributed by atoms with Crippen molar-refractivity contribution in [3.05, 3.63) is 58.5 Å². The van der Waals surface area contributed by atoms with Gasteiger partial charge in [-0.1, -0.05) is 15.9 Å². The summed E-state index contributed by atoms with van der Waals surface area (Å²) >= 11 is 0.345. The van der Waals surface area contributed by atoms with Gasteiger partial charge in [0, 0.05) is 16.2 Å². The Hall–Kier alpha value is -1.79. The molecule has 2 aromatic rings. The molecule has 0 radical (unpaired) electrons. The summed E-state index contributed by atoms with van der Waals surface area (Å²) in [4.78, 5) is -0.533. The summed E-state index contributed by atoms with van der Waals surface area (Å²) in [5.41, 5.74) is 0.0666. The first-order chi connectivity index (χ1) is 12.1. The number of ether oxygens (including phenoxy) is 1. The molecular weight excluding hydrogens is 451 g/mol. The molecule has 1 unspecified atom stereocenters. The number of hydrogen-bond acceptors (Lipinski definition) is 5. The molecule has 2 aromatic carbocycles. The maximum atomic E-state index is 13.6. The molecule has 0 aliphatic heterocycles. The van der Waals surface area contributed by atoms with Crippen LogP contribution in [0, 0.1) is 5.82 Å². The van der Waals surface area contributed by atoms with Crippen LogP contribution < -0.4 is 14.2 Å². The number of primary sulfonamides is 1. The van der Waals surface area contributed by atoms with Gasteiger partial charge in [-0.3, -0.25) is 8.51 Å². The molecule has 0 aliphatic rings. The lowest BCUT2D eigenvalue weighted by molar-refractivity contribution is 0.414. The highest BCUT2D eigenvalue weighted by Gasteiger charge is 2.19. The second-order valence-corrected chi connectivity index (χ2v) is 8.18. The Bertz CT molecular complexity index is 982. The van der Waals surface area contributed by atoms with Crippen molar-refractivity contribution in [3.8, 4) is 5.75 Å². The molecule has 0 saturated carbocycles. The van der Waals surface area contributed by atoms with E-state index in [-0.39, 0.29) is 0 Å². The number of benzene rings is 2. The van der Waals surface area contributed by atoms with Crippen LogP contribution in [0.25, 0.3) is 6.08 Å². The van der Waals surface area contributed by atoms with Crippen LogP contribution in [0.5, 0.6) is 5.75 Å². The summed E-state index contributed by atoms with van der Waals surface area (Å²) < 4.78 is 66.6. The van der Waals surface area contributed by atoms with Gasteiger partial charge in [-0.15, -0.1) is 0 Å². The number of sulfonamides is 1. The van der Waals surface area contributed by atoms with E-state index in [1.165, 1.54) is 13.2 Å². The van der Waals surface area contributed by atoms with Gasteiger partial charge in [-0.25, -0.2) is 17.9 Å². The molecule has 0 aliphatic carbocycles. The van der Waals surface area contributed by atoms with Crippen LogP contribution in [0.3, 0.4) is 0 Å². The van der Waals surface area contributed by atoms with Crippen LogP contribution in [-0.4, -0.2) is 24.3 Å². The highest BCUT2D eigenvalue weighted by Crippen LogP contribution is 2.29. The van der Waals surface area contributed by atoms with E-state index in [0.29, 0.717) is 20.1 Å². The van der Waals surface area contributed by atoms with E-state index in [9.17, 15) is 21.6 Å². The Morgan fingerprint density at radius 1 is 1.31 bits per heavy atom. The molecule has 2 rings (SSSR count). The number of anilines is 1. The molecule has 2 N–H and O–H groups in total. The fraction of sp³-hybridized carbons (Fsp3) is 0.0667. The monoisotopic (exact) mass is 463 g/mol. The second-order valence-electron chi connectivity index (χ2n) is 4.90. The van der Waals surface area contributed by atoms with Crippen LogP contribution >= 0.6 is 15.9 Å². The minimum absolute atomic E-state index is 0.439. The molecule has 140 valence electrons. The van der Waals surface area contributed by atoms with Crippen molar-refractivity contribution < 1.29 is 26.3 Å². The second kappa shape index (κ2) is 8.27. The van der Waals surface area contributed by atoms with E-state index in [0.717, 1.165) is 24.4 Å². The molecule has 0 saturated heterocycles. The minimum Gasteiger partial charge on any atom is -0.755 e. The zero-order valence-electron chi connectivity index (χ0n) is 13.3. The Kier molecular flexibility index (Phi) is 6.53. The molecule has 0 bridgehead atoms. The van der Waals surface area contributed by atoms with Crippen molar-refractivity contribution in [1.29, 1.82) is 0 Å². The third-order valence-electron chi connectivity index (χ3n) is 3.21. The average molecular weight is 464 g/mol. The molecule has 7 nitrogen and oxygen atoms in total. The van der Waals surface area contributed by atoms with Gasteiger partial charge >= 0.3 is 0 Å². The van der Waals surface area contributed by atoms with Crippen molar-refractivity contribution in [2.24, 2.45) is 5.14 Å². The Labute approximate surface area is 160 Å². The van der Waals surface area contributed by atoms with E-state index < -0.39 is 37.7 Å². The smallest absolute Gasteiger partial charge is 0.240 e. The van der Waals surface area contributed by atoms with Crippen molar-refractivity contribution in [2.75, 3.05) is 11.4 Å². The van der Waals surface area contributed by atoms with E-state index in [2.05, 4.69) is 15.9 Å². The lowest BCUT2D eigenvalue weighted by Gasteiger charge is -2.24. The zero-order valence-corrected chi connectivity index (χ0v) is 16.5. The van der Waals surface area contributed by atoms with E-state index in [1.54, 1.807) is 18.2 Å². The fourth-order valence-electron chi connectivity index (χ4n) is 2.10. The topological polar surface area (TPSA) is 113 Å². The fourth-order valence-corrected chi connectivity index (χ4v) is 3.71. The van der Waals surface area contributed by atoms with Crippen LogP contribution in [-0.2, 0) is 21.3 Å². The summed E-state index contributed by atoms with van der Waals surface area (Å²) in [7, 11) is -2.84. The van der Waals surface area contributed by atoms with Gasteiger partial charge in [0.05, 0.1) is 24.1 Å². The SMILES string of the molecule is COc1ccc(Br)cc1C=CN(c1cc(F)ccc1S(N)(=O)=O)S(=O)[O-]. The van der Waals surface area contributed by atoms with Gasteiger partial charge in [0.1, 0.15) is 16.5 Å². The largest absolute Gasteiger partial charge is 0.755 e. The molecule has 26 heavy (non-hydrogen) atoms. The summed E-state index contributed by atoms with van der Waals surface area (Å²) in [6, 6.07) is 7.57. The molecule has 0 spiro atoms. The third kappa shape index (κ3) is 4.89. The van der Waals surface area contributed by atoms with Gasteiger partial charge < -0.3 is 9.29 Å². The van der Waals surface area contributed by atoms with Crippen molar-refractivity contribution in [2.45, 2.75) is 4.90 Å². The Balaban J connectivity index is 2.57. The lowest BCUT2D eigenvalue weighted by atomic mass is 10.2. The molecule has 1 atom stereocenters. The first-order valence-corrected chi connectivity index (χ1v) is 10.2. The van der Waals surface area contributed by atoms with Gasteiger partial charge in [-0.2, -0.15) is 0 Å². The quantitative estimate of drug-likeness (QED) is 0.661. The number of rotatable bonds is 6.